The second-order valence-electron chi connectivity index (χ2n) is 3.32. The fourth-order valence-electron chi connectivity index (χ4n) is 1.14. The van der Waals surface area contributed by atoms with E-state index in [0.29, 0.717) is 12.8 Å². The summed E-state index contributed by atoms with van der Waals surface area (Å²) in [6.45, 7) is 0. The monoisotopic (exact) mass is 191 g/mol. The lowest BCUT2D eigenvalue weighted by Crippen LogP contribution is -2.17. The van der Waals surface area contributed by atoms with Crippen LogP contribution in [-0.4, -0.2) is 0 Å². The number of hydrogen-bond donors (Lipinski definition) is 1. The normalized spacial score (nSPS) is 20.3. The molecule has 1 fully saturated rings. The molecule has 0 atom stereocenters. The molecule has 0 aromatic carbocycles. The first-order chi connectivity index (χ1) is 5.92. The van der Waals surface area contributed by atoms with E-state index in [9.17, 15) is 13.2 Å². The van der Waals surface area contributed by atoms with Crippen molar-refractivity contribution in [3.63, 3.8) is 0 Å². The van der Waals surface area contributed by atoms with E-state index in [4.69, 9.17) is 5.73 Å². The maximum Gasteiger partial charge on any atom is 0.449 e. The van der Waals surface area contributed by atoms with Gasteiger partial charge in [0.1, 0.15) is 5.76 Å². The summed E-state index contributed by atoms with van der Waals surface area (Å²) < 4.78 is 40.9. The van der Waals surface area contributed by atoms with Crippen LogP contribution in [0.3, 0.4) is 0 Å². The molecule has 2 N–H and O–H groups in total. The molecule has 0 radical (unpaired) electrons. The third-order valence-corrected chi connectivity index (χ3v) is 2.16. The zero-order valence-electron chi connectivity index (χ0n) is 6.69. The minimum absolute atomic E-state index is 0.236. The van der Waals surface area contributed by atoms with Gasteiger partial charge in [0, 0.05) is 0 Å². The molecule has 1 aliphatic rings. The van der Waals surface area contributed by atoms with Crippen molar-refractivity contribution in [3.05, 3.63) is 23.7 Å². The molecular formula is C8H8F3NO. The predicted molar refractivity (Wildman–Crippen MR) is 38.8 cm³/mol. The highest BCUT2D eigenvalue weighted by Crippen LogP contribution is 2.44. The second kappa shape index (κ2) is 2.29. The maximum absolute atomic E-state index is 12.1. The molecule has 1 saturated carbocycles. The molecule has 0 bridgehead atoms. The van der Waals surface area contributed by atoms with Crippen LogP contribution >= 0.6 is 0 Å². The molecule has 0 unspecified atom stereocenters. The molecule has 1 aromatic rings. The van der Waals surface area contributed by atoms with Crippen molar-refractivity contribution in [3.8, 4) is 0 Å². The first kappa shape index (κ1) is 8.62. The van der Waals surface area contributed by atoms with Gasteiger partial charge in [-0.2, -0.15) is 13.2 Å². The number of alkyl halides is 3. The molecule has 0 aliphatic heterocycles. The van der Waals surface area contributed by atoms with Gasteiger partial charge in [-0.3, -0.25) is 0 Å². The Kier molecular flexibility index (Phi) is 1.52. The molecule has 2 nitrogen and oxygen atoms in total. The summed E-state index contributed by atoms with van der Waals surface area (Å²) in [6.07, 6.45) is -3.03. The summed E-state index contributed by atoms with van der Waals surface area (Å²) in [6, 6.07) is 2.22. The van der Waals surface area contributed by atoms with Crippen LogP contribution in [0.2, 0.25) is 0 Å². The molecule has 2 rings (SSSR count). The number of nitrogens with two attached hydrogens (primary N) is 1. The Hall–Kier alpha value is -0.970. The van der Waals surface area contributed by atoms with Crippen LogP contribution in [0.25, 0.3) is 0 Å². The topological polar surface area (TPSA) is 39.2 Å². The molecule has 13 heavy (non-hydrogen) atoms. The Morgan fingerprint density at radius 1 is 1.31 bits per heavy atom. The average molecular weight is 191 g/mol. The van der Waals surface area contributed by atoms with Crippen molar-refractivity contribution in [1.29, 1.82) is 0 Å². The smallest absolute Gasteiger partial charge is 0.449 e. The third-order valence-electron chi connectivity index (χ3n) is 2.16. The maximum atomic E-state index is 12.1. The minimum Gasteiger partial charge on any atom is -0.455 e. The Morgan fingerprint density at radius 3 is 2.31 bits per heavy atom. The number of furan rings is 1. The summed E-state index contributed by atoms with van der Waals surface area (Å²) in [5.74, 6) is -0.737. The highest BCUT2D eigenvalue weighted by atomic mass is 19.4. The SMILES string of the molecule is NC1(c2ccc(C(F)(F)F)o2)CC1. The highest BCUT2D eigenvalue weighted by Gasteiger charge is 2.45. The fourth-order valence-corrected chi connectivity index (χ4v) is 1.14. The zero-order valence-corrected chi connectivity index (χ0v) is 6.69. The number of rotatable bonds is 1. The first-order valence-electron chi connectivity index (χ1n) is 3.88. The van der Waals surface area contributed by atoms with Crippen molar-refractivity contribution < 1.29 is 17.6 Å². The number of hydrogen-bond acceptors (Lipinski definition) is 2. The Bertz CT molecular complexity index is 305. The molecular weight excluding hydrogens is 183 g/mol. The predicted octanol–water partition coefficient (Wildman–Crippen LogP) is 2.25. The van der Waals surface area contributed by atoms with Gasteiger partial charge in [0.25, 0.3) is 0 Å². The average Bonchev–Trinajstić information content (AvgIpc) is 2.60. The van der Waals surface area contributed by atoms with Gasteiger partial charge in [-0.1, -0.05) is 0 Å². The van der Waals surface area contributed by atoms with E-state index >= 15 is 0 Å². The van der Waals surface area contributed by atoms with Crippen LogP contribution in [0.1, 0.15) is 24.4 Å². The van der Waals surface area contributed by atoms with Gasteiger partial charge < -0.3 is 10.2 Å². The van der Waals surface area contributed by atoms with Gasteiger partial charge in [0.15, 0.2) is 0 Å². The van der Waals surface area contributed by atoms with Gasteiger partial charge in [-0.15, -0.1) is 0 Å². The molecule has 0 amide bonds. The lowest BCUT2D eigenvalue weighted by Gasteiger charge is -2.04. The second-order valence-corrected chi connectivity index (χ2v) is 3.32. The van der Waals surface area contributed by atoms with E-state index in [1.165, 1.54) is 6.07 Å². The van der Waals surface area contributed by atoms with E-state index in [-0.39, 0.29) is 5.76 Å². The fraction of sp³-hybridized carbons (Fsp3) is 0.500. The minimum atomic E-state index is -4.41. The van der Waals surface area contributed by atoms with Gasteiger partial charge in [-0.25, -0.2) is 0 Å². The molecule has 0 spiro atoms. The van der Waals surface area contributed by atoms with E-state index < -0.39 is 17.5 Å². The lowest BCUT2D eigenvalue weighted by molar-refractivity contribution is -0.153. The standard InChI is InChI=1S/C8H8F3NO/c9-8(10,11)6-2-1-5(13-6)7(12)3-4-7/h1-2H,3-4,12H2. The van der Waals surface area contributed by atoms with Crippen molar-refractivity contribution in [2.24, 2.45) is 5.73 Å². The highest BCUT2D eigenvalue weighted by molar-refractivity contribution is 5.22. The molecule has 0 saturated heterocycles. The third kappa shape index (κ3) is 1.44. The molecule has 1 aromatic heterocycles. The van der Waals surface area contributed by atoms with Crippen molar-refractivity contribution in [2.45, 2.75) is 24.6 Å². The van der Waals surface area contributed by atoms with Crippen molar-refractivity contribution >= 4 is 0 Å². The van der Waals surface area contributed by atoms with Gasteiger partial charge in [0.2, 0.25) is 5.76 Å². The Balaban J connectivity index is 2.29. The van der Waals surface area contributed by atoms with E-state index in [0.717, 1.165) is 6.07 Å². The summed E-state index contributed by atoms with van der Waals surface area (Å²) >= 11 is 0. The summed E-state index contributed by atoms with van der Waals surface area (Å²) in [7, 11) is 0. The quantitative estimate of drug-likeness (QED) is 0.739. The van der Waals surface area contributed by atoms with E-state index in [1.807, 2.05) is 0 Å². The van der Waals surface area contributed by atoms with Gasteiger partial charge >= 0.3 is 6.18 Å². The molecule has 1 heterocycles. The van der Waals surface area contributed by atoms with E-state index in [1.54, 1.807) is 0 Å². The van der Waals surface area contributed by atoms with Gasteiger partial charge in [-0.05, 0) is 25.0 Å². The Morgan fingerprint density at radius 2 is 1.92 bits per heavy atom. The molecule has 5 heteroatoms. The van der Waals surface area contributed by atoms with Crippen molar-refractivity contribution in [1.82, 2.24) is 0 Å². The molecule has 1 aliphatic carbocycles. The molecule has 72 valence electrons. The van der Waals surface area contributed by atoms with Crippen molar-refractivity contribution in [2.75, 3.05) is 0 Å². The zero-order chi connectivity index (χ0) is 9.69. The first-order valence-corrected chi connectivity index (χ1v) is 3.88. The van der Waals surface area contributed by atoms with Crippen LogP contribution in [0.5, 0.6) is 0 Å². The lowest BCUT2D eigenvalue weighted by atomic mass is 10.2. The van der Waals surface area contributed by atoms with E-state index in [2.05, 4.69) is 4.42 Å². The largest absolute Gasteiger partial charge is 0.455 e. The van der Waals surface area contributed by atoms with Crippen LogP contribution in [0.4, 0.5) is 13.2 Å². The van der Waals surface area contributed by atoms with Crippen LogP contribution in [0, 0.1) is 0 Å². The van der Waals surface area contributed by atoms with Crippen LogP contribution in [-0.2, 0) is 11.7 Å². The number of halogens is 3. The Labute approximate surface area is 72.5 Å². The van der Waals surface area contributed by atoms with Gasteiger partial charge in [0.05, 0.1) is 5.54 Å². The summed E-state index contributed by atoms with van der Waals surface area (Å²) in [5.41, 5.74) is 5.03. The van der Waals surface area contributed by atoms with Crippen LogP contribution < -0.4 is 5.73 Å². The van der Waals surface area contributed by atoms with Crippen LogP contribution in [0.15, 0.2) is 16.5 Å². The summed E-state index contributed by atoms with van der Waals surface area (Å²) in [5, 5.41) is 0. The summed E-state index contributed by atoms with van der Waals surface area (Å²) in [4.78, 5) is 0.